The standard InChI is InChI=1S/C10H9FN2OS/c11-10-13-9-7(14-6-4-12-5-6)2-1-3-8(9)15-10/h1-3,6,12H,4-5H2. The van der Waals surface area contributed by atoms with Crippen LogP contribution in [-0.2, 0) is 0 Å². The Balaban J connectivity index is 2.00. The number of halogens is 1. The van der Waals surface area contributed by atoms with E-state index in [0.29, 0.717) is 11.3 Å². The van der Waals surface area contributed by atoms with E-state index in [1.807, 2.05) is 18.2 Å². The van der Waals surface area contributed by atoms with Crippen LogP contribution in [0.4, 0.5) is 4.39 Å². The van der Waals surface area contributed by atoms with E-state index in [0.717, 1.165) is 29.1 Å². The van der Waals surface area contributed by atoms with Gasteiger partial charge < -0.3 is 10.1 Å². The van der Waals surface area contributed by atoms with Crippen molar-refractivity contribution in [1.29, 1.82) is 0 Å². The lowest BCUT2D eigenvalue weighted by molar-refractivity contribution is 0.144. The van der Waals surface area contributed by atoms with Crippen molar-refractivity contribution in [1.82, 2.24) is 10.3 Å². The predicted octanol–water partition coefficient (Wildman–Crippen LogP) is 1.79. The van der Waals surface area contributed by atoms with Gasteiger partial charge in [0.05, 0.1) is 4.70 Å². The number of hydrogen-bond acceptors (Lipinski definition) is 4. The minimum Gasteiger partial charge on any atom is -0.485 e. The van der Waals surface area contributed by atoms with Gasteiger partial charge in [-0.2, -0.15) is 4.39 Å². The molecule has 1 aliphatic rings. The number of ether oxygens (including phenoxy) is 1. The molecule has 1 N–H and O–H groups in total. The van der Waals surface area contributed by atoms with Crippen molar-refractivity contribution in [2.24, 2.45) is 0 Å². The molecule has 3 rings (SSSR count). The summed E-state index contributed by atoms with van der Waals surface area (Å²) in [5.41, 5.74) is 0.631. The molecule has 0 radical (unpaired) electrons. The third-order valence-corrected chi connectivity index (χ3v) is 3.20. The van der Waals surface area contributed by atoms with Crippen molar-refractivity contribution in [3.05, 3.63) is 23.5 Å². The molecule has 15 heavy (non-hydrogen) atoms. The third kappa shape index (κ3) is 1.57. The molecule has 0 aliphatic carbocycles. The molecular weight excluding hydrogens is 215 g/mol. The van der Waals surface area contributed by atoms with E-state index < -0.39 is 5.26 Å². The van der Waals surface area contributed by atoms with E-state index in [2.05, 4.69) is 10.3 Å². The molecule has 0 spiro atoms. The molecule has 0 amide bonds. The van der Waals surface area contributed by atoms with Crippen molar-refractivity contribution in [2.45, 2.75) is 6.10 Å². The maximum Gasteiger partial charge on any atom is 0.270 e. The Morgan fingerprint density at radius 1 is 1.47 bits per heavy atom. The smallest absolute Gasteiger partial charge is 0.270 e. The zero-order chi connectivity index (χ0) is 10.3. The monoisotopic (exact) mass is 224 g/mol. The summed E-state index contributed by atoms with van der Waals surface area (Å²) in [5, 5.41) is 2.71. The number of nitrogens with zero attached hydrogens (tertiary/aromatic N) is 1. The van der Waals surface area contributed by atoms with E-state index >= 15 is 0 Å². The highest BCUT2D eigenvalue weighted by molar-refractivity contribution is 7.17. The van der Waals surface area contributed by atoms with Gasteiger partial charge in [0.25, 0.3) is 5.26 Å². The van der Waals surface area contributed by atoms with Gasteiger partial charge in [-0.1, -0.05) is 17.4 Å². The van der Waals surface area contributed by atoms with Crippen LogP contribution in [-0.4, -0.2) is 24.2 Å². The maximum absolute atomic E-state index is 13.0. The molecule has 1 aromatic carbocycles. The van der Waals surface area contributed by atoms with Gasteiger partial charge in [-0.25, -0.2) is 4.98 Å². The van der Waals surface area contributed by atoms with Crippen molar-refractivity contribution >= 4 is 21.6 Å². The first-order valence-corrected chi connectivity index (χ1v) is 5.57. The third-order valence-electron chi connectivity index (χ3n) is 2.39. The lowest BCUT2D eigenvalue weighted by atomic mass is 10.2. The van der Waals surface area contributed by atoms with Gasteiger partial charge in [-0.15, -0.1) is 0 Å². The number of hydrogen-bond donors (Lipinski definition) is 1. The lowest BCUT2D eigenvalue weighted by Gasteiger charge is -2.27. The molecular formula is C10H9FN2OS. The molecule has 0 atom stereocenters. The number of nitrogens with one attached hydrogen (secondary N) is 1. The molecule has 2 aromatic rings. The van der Waals surface area contributed by atoms with Crippen LogP contribution in [0.25, 0.3) is 10.2 Å². The Bertz CT molecular complexity index is 495. The topological polar surface area (TPSA) is 34.1 Å². The Morgan fingerprint density at radius 2 is 2.33 bits per heavy atom. The van der Waals surface area contributed by atoms with Gasteiger partial charge >= 0.3 is 0 Å². The van der Waals surface area contributed by atoms with Crippen LogP contribution in [0, 0.1) is 5.26 Å². The van der Waals surface area contributed by atoms with Gasteiger partial charge in [-0.3, -0.25) is 0 Å². The van der Waals surface area contributed by atoms with Crippen LogP contribution in [0.3, 0.4) is 0 Å². The van der Waals surface area contributed by atoms with Crippen LogP contribution < -0.4 is 10.1 Å². The Hall–Kier alpha value is -1.20. The molecule has 3 nitrogen and oxygen atoms in total. The molecule has 0 saturated carbocycles. The van der Waals surface area contributed by atoms with Crippen LogP contribution in [0.15, 0.2) is 18.2 Å². The van der Waals surface area contributed by atoms with Gasteiger partial charge in [0.15, 0.2) is 0 Å². The van der Waals surface area contributed by atoms with Crippen molar-refractivity contribution in [2.75, 3.05) is 13.1 Å². The molecule has 0 unspecified atom stereocenters. The first kappa shape index (κ1) is 9.06. The first-order chi connectivity index (χ1) is 7.33. The molecule has 0 bridgehead atoms. The average molecular weight is 224 g/mol. The van der Waals surface area contributed by atoms with E-state index in [-0.39, 0.29) is 6.10 Å². The highest BCUT2D eigenvalue weighted by Gasteiger charge is 2.20. The van der Waals surface area contributed by atoms with Gasteiger partial charge in [0, 0.05) is 13.1 Å². The fraction of sp³-hybridized carbons (Fsp3) is 0.300. The summed E-state index contributed by atoms with van der Waals surface area (Å²) < 4.78 is 19.5. The van der Waals surface area contributed by atoms with Crippen LogP contribution in [0.1, 0.15) is 0 Å². The number of aromatic nitrogens is 1. The SMILES string of the molecule is Fc1nc2c(OC3CNC3)cccc2s1. The average Bonchev–Trinajstić information content (AvgIpc) is 2.52. The van der Waals surface area contributed by atoms with Gasteiger partial charge in [0.2, 0.25) is 0 Å². The summed E-state index contributed by atoms with van der Waals surface area (Å²) in [6.07, 6.45) is 0.195. The zero-order valence-electron chi connectivity index (χ0n) is 7.87. The summed E-state index contributed by atoms with van der Waals surface area (Å²) in [6, 6.07) is 5.54. The summed E-state index contributed by atoms with van der Waals surface area (Å²) >= 11 is 1.05. The summed E-state index contributed by atoms with van der Waals surface area (Å²) in [6.45, 7) is 1.70. The number of benzene rings is 1. The normalized spacial score (nSPS) is 16.6. The molecule has 5 heteroatoms. The fourth-order valence-electron chi connectivity index (χ4n) is 1.52. The van der Waals surface area contributed by atoms with E-state index in [1.54, 1.807) is 0 Å². The maximum atomic E-state index is 13.0. The lowest BCUT2D eigenvalue weighted by Crippen LogP contribution is -2.50. The summed E-state index contributed by atoms with van der Waals surface area (Å²) in [4.78, 5) is 3.83. The minimum absolute atomic E-state index is 0.195. The molecule has 1 fully saturated rings. The molecule has 1 saturated heterocycles. The number of fused-ring (bicyclic) bond motifs is 1. The molecule has 78 valence electrons. The van der Waals surface area contributed by atoms with Crippen molar-refractivity contribution in [3.8, 4) is 5.75 Å². The Kier molecular flexibility index (Phi) is 2.07. The largest absolute Gasteiger partial charge is 0.485 e. The number of thiazole rings is 1. The van der Waals surface area contributed by atoms with Crippen LogP contribution in [0.2, 0.25) is 0 Å². The quantitative estimate of drug-likeness (QED) is 0.844. The second-order valence-corrected chi connectivity index (χ2v) is 4.45. The highest BCUT2D eigenvalue weighted by atomic mass is 32.1. The second-order valence-electron chi connectivity index (χ2n) is 3.47. The molecule has 1 aliphatic heterocycles. The number of rotatable bonds is 2. The first-order valence-electron chi connectivity index (χ1n) is 4.75. The van der Waals surface area contributed by atoms with E-state index in [1.165, 1.54) is 0 Å². The van der Waals surface area contributed by atoms with Crippen LogP contribution >= 0.6 is 11.3 Å². The van der Waals surface area contributed by atoms with Gasteiger partial charge in [-0.05, 0) is 12.1 Å². The summed E-state index contributed by atoms with van der Waals surface area (Å²) in [5.74, 6) is 0.680. The zero-order valence-corrected chi connectivity index (χ0v) is 8.68. The molecule has 1 aromatic heterocycles. The second kappa shape index (κ2) is 3.43. The van der Waals surface area contributed by atoms with Crippen LogP contribution in [0.5, 0.6) is 5.75 Å². The Labute approximate surface area is 89.9 Å². The number of para-hydroxylation sites is 1. The van der Waals surface area contributed by atoms with Gasteiger partial charge in [0.1, 0.15) is 17.4 Å². The predicted molar refractivity (Wildman–Crippen MR) is 56.9 cm³/mol. The highest BCUT2D eigenvalue weighted by Crippen LogP contribution is 2.29. The van der Waals surface area contributed by atoms with E-state index in [9.17, 15) is 4.39 Å². The summed E-state index contributed by atoms with van der Waals surface area (Å²) in [7, 11) is 0. The van der Waals surface area contributed by atoms with Crippen molar-refractivity contribution < 1.29 is 9.13 Å². The van der Waals surface area contributed by atoms with E-state index in [4.69, 9.17) is 4.74 Å². The fourth-order valence-corrected chi connectivity index (χ4v) is 2.22. The molecule has 2 heterocycles. The Morgan fingerprint density at radius 3 is 3.07 bits per heavy atom. The minimum atomic E-state index is -0.409. The van der Waals surface area contributed by atoms with Crippen molar-refractivity contribution in [3.63, 3.8) is 0 Å².